The molecular weight excluding hydrogens is 396 g/mol. The van der Waals surface area contributed by atoms with Crippen molar-refractivity contribution in [3.05, 3.63) is 71.3 Å². The highest BCUT2D eigenvalue weighted by molar-refractivity contribution is 7.88. The normalized spacial score (nSPS) is 16.9. The smallest absolute Gasteiger partial charge is 0.223 e. The topological polar surface area (TPSA) is 66.5 Å². The lowest BCUT2D eigenvalue weighted by Gasteiger charge is -2.31. The first kappa shape index (κ1) is 22.5. The second kappa shape index (κ2) is 10.2. The van der Waals surface area contributed by atoms with Crippen LogP contribution in [0.1, 0.15) is 42.9 Å². The molecular formula is C24H32N2O3S. The molecule has 162 valence electrons. The van der Waals surface area contributed by atoms with Gasteiger partial charge in [-0.1, -0.05) is 54.6 Å². The van der Waals surface area contributed by atoms with Gasteiger partial charge in [0.25, 0.3) is 0 Å². The van der Waals surface area contributed by atoms with Gasteiger partial charge in [-0.05, 0) is 56.2 Å². The first-order chi connectivity index (χ1) is 14.3. The summed E-state index contributed by atoms with van der Waals surface area (Å²) in [4.78, 5) is 12.6. The van der Waals surface area contributed by atoms with Crippen LogP contribution in [0.2, 0.25) is 0 Å². The summed E-state index contributed by atoms with van der Waals surface area (Å²) < 4.78 is 27.2. The average Bonchev–Trinajstić information content (AvgIpc) is 2.74. The van der Waals surface area contributed by atoms with Gasteiger partial charge in [-0.25, -0.2) is 12.7 Å². The first-order valence-electron chi connectivity index (χ1n) is 10.7. The fourth-order valence-electron chi connectivity index (χ4n) is 3.92. The predicted molar refractivity (Wildman–Crippen MR) is 120 cm³/mol. The van der Waals surface area contributed by atoms with E-state index >= 15 is 0 Å². The molecule has 0 bridgehead atoms. The molecule has 0 aliphatic carbocycles. The molecule has 1 N–H and O–H groups in total. The van der Waals surface area contributed by atoms with Gasteiger partial charge in [0.05, 0.1) is 5.75 Å². The lowest BCUT2D eigenvalue weighted by Crippen LogP contribution is -2.45. The number of carbonyl (C=O) groups excluding carboxylic acids is 1. The van der Waals surface area contributed by atoms with Crippen LogP contribution in [0.5, 0.6) is 0 Å². The van der Waals surface area contributed by atoms with Gasteiger partial charge in [0.2, 0.25) is 15.9 Å². The molecule has 0 spiro atoms. The SMILES string of the molecule is Cc1ccccc1CS(=O)(=O)N1CCC(C(=O)N[C@H](C)CCc2ccccc2)CC1. The number of piperidine rings is 1. The lowest BCUT2D eigenvalue weighted by molar-refractivity contribution is -0.126. The molecule has 30 heavy (non-hydrogen) atoms. The summed E-state index contributed by atoms with van der Waals surface area (Å²) in [6.07, 6.45) is 2.96. The number of sulfonamides is 1. The third-order valence-electron chi connectivity index (χ3n) is 5.91. The first-order valence-corrected chi connectivity index (χ1v) is 12.3. The number of nitrogens with one attached hydrogen (secondary N) is 1. The number of rotatable bonds is 8. The van der Waals surface area contributed by atoms with E-state index < -0.39 is 10.0 Å². The molecule has 0 radical (unpaired) electrons. The molecule has 1 aliphatic rings. The van der Waals surface area contributed by atoms with Crippen molar-refractivity contribution in [2.75, 3.05) is 13.1 Å². The van der Waals surface area contributed by atoms with E-state index in [1.165, 1.54) is 5.56 Å². The Hall–Kier alpha value is -2.18. The summed E-state index contributed by atoms with van der Waals surface area (Å²) in [6, 6.07) is 17.9. The Morgan fingerprint density at radius 3 is 2.37 bits per heavy atom. The predicted octanol–water partition coefficient (Wildman–Crippen LogP) is 3.67. The molecule has 1 heterocycles. The summed E-state index contributed by atoms with van der Waals surface area (Å²) in [5.41, 5.74) is 3.09. The van der Waals surface area contributed by atoms with Crippen LogP contribution < -0.4 is 5.32 Å². The van der Waals surface area contributed by atoms with Crippen molar-refractivity contribution in [3.8, 4) is 0 Å². The molecule has 3 rings (SSSR count). The van der Waals surface area contributed by atoms with Crippen molar-refractivity contribution in [2.45, 2.75) is 51.3 Å². The van der Waals surface area contributed by atoms with Gasteiger partial charge in [-0.3, -0.25) is 4.79 Å². The lowest BCUT2D eigenvalue weighted by atomic mass is 9.96. The maximum absolute atomic E-state index is 12.8. The fraction of sp³-hybridized carbons (Fsp3) is 0.458. The van der Waals surface area contributed by atoms with E-state index in [-0.39, 0.29) is 23.6 Å². The highest BCUT2D eigenvalue weighted by atomic mass is 32.2. The maximum atomic E-state index is 12.8. The Labute approximate surface area is 180 Å². The summed E-state index contributed by atoms with van der Waals surface area (Å²) in [5.74, 6) is -0.0480. The summed E-state index contributed by atoms with van der Waals surface area (Å²) in [5, 5.41) is 3.11. The molecule has 1 fully saturated rings. The Balaban J connectivity index is 1.46. The van der Waals surface area contributed by atoms with Crippen molar-refractivity contribution in [2.24, 2.45) is 5.92 Å². The monoisotopic (exact) mass is 428 g/mol. The largest absolute Gasteiger partial charge is 0.353 e. The van der Waals surface area contributed by atoms with Crippen molar-refractivity contribution in [1.29, 1.82) is 0 Å². The van der Waals surface area contributed by atoms with Crippen LogP contribution in [-0.4, -0.2) is 37.8 Å². The zero-order valence-electron chi connectivity index (χ0n) is 17.9. The van der Waals surface area contributed by atoms with Crippen LogP contribution in [-0.2, 0) is 27.0 Å². The number of nitrogens with zero attached hydrogens (tertiary/aromatic N) is 1. The van der Waals surface area contributed by atoms with E-state index in [4.69, 9.17) is 0 Å². The zero-order valence-corrected chi connectivity index (χ0v) is 18.7. The van der Waals surface area contributed by atoms with Gasteiger partial charge in [0, 0.05) is 25.0 Å². The standard InChI is InChI=1S/C24H32N2O3S/c1-19-8-6-7-11-23(19)18-30(28,29)26-16-14-22(15-17-26)24(27)25-20(2)12-13-21-9-4-3-5-10-21/h3-11,20,22H,12-18H2,1-2H3,(H,25,27)/t20-/m1/s1. The molecule has 1 amide bonds. The molecule has 2 aromatic carbocycles. The number of hydrogen-bond donors (Lipinski definition) is 1. The minimum Gasteiger partial charge on any atom is -0.353 e. The van der Waals surface area contributed by atoms with Crippen LogP contribution in [0.4, 0.5) is 0 Å². The van der Waals surface area contributed by atoms with Crippen LogP contribution in [0.15, 0.2) is 54.6 Å². The summed E-state index contributed by atoms with van der Waals surface area (Å²) in [6.45, 7) is 4.78. The van der Waals surface area contributed by atoms with Crippen LogP contribution in [0.25, 0.3) is 0 Å². The number of benzene rings is 2. The van der Waals surface area contributed by atoms with Crippen molar-refractivity contribution >= 4 is 15.9 Å². The Kier molecular flexibility index (Phi) is 7.67. The van der Waals surface area contributed by atoms with Gasteiger partial charge in [0.15, 0.2) is 0 Å². The highest BCUT2D eigenvalue weighted by Crippen LogP contribution is 2.23. The molecule has 1 atom stereocenters. The van der Waals surface area contributed by atoms with E-state index in [2.05, 4.69) is 17.4 Å². The molecule has 0 unspecified atom stereocenters. The Morgan fingerprint density at radius 1 is 1.07 bits per heavy atom. The van der Waals surface area contributed by atoms with Gasteiger partial charge >= 0.3 is 0 Å². The minimum atomic E-state index is -3.37. The fourth-order valence-corrected chi connectivity index (χ4v) is 5.58. The molecule has 0 aromatic heterocycles. The third-order valence-corrected chi connectivity index (χ3v) is 7.74. The number of amides is 1. The molecule has 0 saturated carbocycles. The van der Waals surface area contributed by atoms with Crippen LogP contribution in [0.3, 0.4) is 0 Å². The highest BCUT2D eigenvalue weighted by Gasteiger charge is 2.31. The second-order valence-corrected chi connectivity index (χ2v) is 10.3. The van der Waals surface area contributed by atoms with E-state index in [1.807, 2.05) is 56.3 Å². The van der Waals surface area contributed by atoms with Crippen molar-refractivity contribution in [1.82, 2.24) is 9.62 Å². The van der Waals surface area contributed by atoms with Crippen LogP contribution in [0, 0.1) is 12.8 Å². The van der Waals surface area contributed by atoms with Gasteiger partial charge in [-0.2, -0.15) is 0 Å². The maximum Gasteiger partial charge on any atom is 0.223 e. The van der Waals surface area contributed by atoms with Crippen LogP contribution >= 0.6 is 0 Å². The number of aryl methyl sites for hydroxylation is 2. The van der Waals surface area contributed by atoms with Crippen molar-refractivity contribution < 1.29 is 13.2 Å². The Morgan fingerprint density at radius 2 is 1.70 bits per heavy atom. The quantitative estimate of drug-likeness (QED) is 0.698. The second-order valence-electron chi connectivity index (χ2n) is 8.29. The molecule has 1 aliphatic heterocycles. The van der Waals surface area contributed by atoms with E-state index in [1.54, 1.807) is 4.31 Å². The van der Waals surface area contributed by atoms with E-state index in [9.17, 15) is 13.2 Å². The summed E-state index contributed by atoms with van der Waals surface area (Å²) >= 11 is 0. The van der Waals surface area contributed by atoms with Crippen molar-refractivity contribution in [3.63, 3.8) is 0 Å². The molecule has 2 aromatic rings. The van der Waals surface area contributed by atoms with E-state index in [0.29, 0.717) is 25.9 Å². The molecule has 6 heteroatoms. The van der Waals surface area contributed by atoms with Gasteiger partial charge < -0.3 is 5.32 Å². The minimum absolute atomic E-state index is 0.0209. The van der Waals surface area contributed by atoms with E-state index in [0.717, 1.165) is 24.0 Å². The third kappa shape index (κ3) is 6.16. The Bertz CT molecular complexity index is 936. The summed E-state index contributed by atoms with van der Waals surface area (Å²) in [7, 11) is -3.37. The zero-order chi connectivity index (χ0) is 21.6. The van der Waals surface area contributed by atoms with Gasteiger partial charge in [-0.15, -0.1) is 0 Å². The van der Waals surface area contributed by atoms with Gasteiger partial charge in [0.1, 0.15) is 0 Å². The molecule has 5 nitrogen and oxygen atoms in total. The number of hydrogen-bond acceptors (Lipinski definition) is 3. The number of carbonyl (C=O) groups is 1. The molecule has 1 saturated heterocycles. The average molecular weight is 429 g/mol.